The van der Waals surface area contributed by atoms with Gasteiger partial charge in [0.05, 0.1) is 5.70 Å². The lowest BCUT2D eigenvalue weighted by Crippen LogP contribution is -1.99. The molecule has 0 atom stereocenters. The van der Waals surface area contributed by atoms with E-state index in [2.05, 4.69) is 10.3 Å². The number of hydrogen-bond acceptors (Lipinski definition) is 3. The van der Waals surface area contributed by atoms with Crippen molar-refractivity contribution >= 4 is 11.9 Å². The molecular weight excluding hydrogens is 150 g/mol. The van der Waals surface area contributed by atoms with Crippen LogP contribution in [0.5, 0.6) is 0 Å². The first-order chi connectivity index (χ1) is 5.86. The van der Waals surface area contributed by atoms with Crippen LogP contribution in [0.1, 0.15) is 6.92 Å². The van der Waals surface area contributed by atoms with Gasteiger partial charge in [-0.2, -0.15) is 0 Å². The van der Waals surface area contributed by atoms with Gasteiger partial charge in [0.2, 0.25) is 0 Å². The van der Waals surface area contributed by atoms with Crippen LogP contribution in [0.3, 0.4) is 0 Å². The third-order valence-corrected chi connectivity index (χ3v) is 1.44. The summed E-state index contributed by atoms with van der Waals surface area (Å²) in [6, 6.07) is 3.71. The molecule has 62 valence electrons. The second kappa shape index (κ2) is 4.28. The van der Waals surface area contributed by atoms with Crippen LogP contribution in [0.2, 0.25) is 0 Å². The van der Waals surface area contributed by atoms with E-state index in [0.29, 0.717) is 0 Å². The van der Waals surface area contributed by atoms with Gasteiger partial charge in [-0.15, -0.1) is 0 Å². The first-order valence-corrected chi connectivity index (χ1v) is 3.70. The predicted molar refractivity (Wildman–Crippen MR) is 50.4 cm³/mol. The molecule has 0 spiro atoms. The molecule has 1 aromatic rings. The summed E-state index contributed by atoms with van der Waals surface area (Å²) in [6.45, 7) is 1.88. The maximum absolute atomic E-state index is 7.04. The van der Waals surface area contributed by atoms with Gasteiger partial charge in [0.1, 0.15) is 0 Å². The highest BCUT2D eigenvalue weighted by atomic mass is 14.9. The zero-order chi connectivity index (χ0) is 8.81. The molecular formula is C9H11N3. The fraction of sp³-hybridized carbons (Fsp3) is 0.111. The molecule has 0 fully saturated rings. The normalized spacial score (nSPS) is 10.9. The lowest BCUT2D eigenvalue weighted by atomic mass is 10.3. The number of aromatic nitrogens is 1. The molecule has 1 aromatic heterocycles. The third-order valence-electron chi connectivity index (χ3n) is 1.44. The van der Waals surface area contributed by atoms with Crippen LogP contribution >= 0.6 is 0 Å². The van der Waals surface area contributed by atoms with Crippen molar-refractivity contribution in [1.29, 1.82) is 5.41 Å². The van der Waals surface area contributed by atoms with E-state index in [1.54, 1.807) is 12.4 Å². The summed E-state index contributed by atoms with van der Waals surface area (Å²) in [4.78, 5) is 3.89. The molecule has 0 saturated carbocycles. The molecule has 0 radical (unpaired) electrons. The molecule has 1 heterocycles. The quantitative estimate of drug-likeness (QED) is 0.666. The summed E-state index contributed by atoms with van der Waals surface area (Å²) >= 11 is 0. The minimum atomic E-state index is 0.779. The Hall–Kier alpha value is -1.64. The molecule has 0 unspecified atom stereocenters. The molecule has 2 N–H and O–H groups in total. The monoisotopic (exact) mass is 161 g/mol. The van der Waals surface area contributed by atoms with E-state index in [-0.39, 0.29) is 0 Å². The molecule has 1 rings (SSSR count). The van der Waals surface area contributed by atoms with Crippen LogP contribution in [0.15, 0.2) is 36.3 Å². The summed E-state index contributed by atoms with van der Waals surface area (Å²) in [6.07, 6.45) is 6.53. The minimum Gasteiger partial charge on any atom is -0.354 e. The maximum Gasteiger partial charge on any atom is 0.0519 e. The zero-order valence-electron chi connectivity index (χ0n) is 6.91. The van der Waals surface area contributed by atoms with Gasteiger partial charge in [-0.1, -0.05) is 6.08 Å². The fourth-order valence-electron chi connectivity index (χ4n) is 0.794. The summed E-state index contributed by atoms with van der Waals surface area (Å²) in [5, 5.41) is 10.1. The van der Waals surface area contributed by atoms with E-state index in [1.807, 2.05) is 25.1 Å². The van der Waals surface area contributed by atoms with E-state index in [0.717, 1.165) is 11.4 Å². The largest absolute Gasteiger partial charge is 0.354 e. The Morgan fingerprint density at radius 3 is 2.67 bits per heavy atom. The summed E-state index contributed by atoms with van der Waals surface area (Å²) in [7, 11) is 0. The second-order valence-corrected chi connectivity index (χ2v) is 2.25. The number of anilines is 1. The molecule has 3 heteroatoms. The highest BCUT2D eigenvalue weighted by Crippen LogP contribution is 2.05. The number of allylic oxidation sites excluding steroid dienone is 2. The van der Waals surface area contributed by atoms with Crippen LogP contribution in [0.4, 0.5) is 5.69 Å². The van der Waals surface area contributed by atoms with Crippen molar-refractivity contribution in [3.8, 4) is 0 Å². The summed E-state index contributed by atoms with van der Waals surface area (Å²) < 4.78 is 0. The van der Waals surface area contributed by atoms with E-state index < -0.39 is 0 Å². The minimum absolute atomic E-state index is 0.779. The average molecular weight is 161 g/mol. The number of nitrogens with zero attached hydrogens (tertiary/aromatic N) is 1. The molecule has 0 aliphatic carbocycles. The Morgan fingerprint density at radius 1 is 1.50 bits per heavy atom. The Bertz CT molecular complexity index is 277. The zero-order valence-corrected chi connectivity index (χ0v) is 6.91. The second-order valence-electron chi connectivity index (χ2n) is 2.25. The summed E-state index contributed by atoms with van der Waals surface area (Å²) in [5.41, 5.74) is 1.72. The highest BCUT2D eigenvalue weighted by Gasteiger charge is 1.90. The lowest BCUT2D eigenvalue weighted by molar-refractivity contribution is 1.32. The van der Waals surface area contributed by atoms with Gasteiger partial charge in [-0.25, -0.2) is 0 Å². The topological polar surface area (TPSA) is 48.8 Å². The third kappa shape index (κ3) is 2.20. The van der Waals surface area contributed by atoms with Crippen LogP contribution in [-0.4, -0.2) is 11.2 Å². The van der Waals surface area contributed by atoms with E-state index >= 15 is 0 Å². The van der Waals surface area contributed by atoms with Gasteiger partial charge in [0, 0.05) is 24.3 Å². The first kappa shape index (κ1) is 8.46. The van der Waals surface area contributed by atoms with Crippen molar-refractivity contribution in [2.45, 2.75) is 6.92 Å². The SMILES string of the molecule is C/C=C(\C=N)Nc1ccncc1. The van der Waals surface area contributed by atoms with E-state index in [4.69, 9.17) is 5.41 Å². The molecule has 3 nitrogen and oxygen atoms in total. The van der Waals surface area contributed by atoms with Gasteiger partial charge in [-0.3, -0.25) is 4.98 Å². The average Bonchev–Trinajstić information content (AvgIpc) is 2.16. The van der Waals surface area contributed by atoms with Crippen molar-refractivity contribution in [3.63, 3.8) is 0 Å². The Morgan fingerprint density at radius 2 is 2.17 bits per heavy atom. The van der Waals surface area contributed by atoms with Crippen molar-refractivity contribution < 1.29 is 0 Å². The molecule has 0 aliphatic rings. The van der Waals surface area contributed by atoms with Gasteiger partial charge < -0.3 is 10.7 Å². The molecule has 0 saturated heterocycles. The molecule has 0 aliphatic heterocycles. The van der Waals surface area contributed by atoms with Crippen molar-refractivity contribution in [2.24, 2.45) is 0 Å². The molecule has 0 aromatic carbocycles. The Kier molecular flexibility index (Phi) is 3.02. The van der Waals surface area contributed by atoms with Gasteiger partial charge in [0.15, 0.2) is 0 Å². The standard InChI is InChI=1S/C9H11N3/c1-2-8(7-10)12-9-3-5-11-6-4-9/h2-7,10H,1H3,(H,11,12)/b8-2+,10-7?. The van der Waals surface area contributed by atoms with Gasteiger partial charge in [-0.05, 0) is 19.1 Å². The van der Waals surface area contributed by atoms with Crippen molar-refractivity contribution in [3.05, 3.63) is 36.3 Å². The van der Waals surface area contributed by atoms with E-state index in [9.17, 15) is 0 Å². The highest BCUT2D eigenvalue weighted by molar-refractivity contribution is 5.80. The molecule has 0 amide bonds. The summed E-state index contributed by atoms with van der Waals surface area (Å²) in [5.74, 6) is 0. The van der Waals surface area contributed by atoms with Crippen LogP contribution in [-0.2, 0) is 0 Å². The van der Waals surface area contributed by atoms with Crippen molar-refractivity contribution in [1.82, 2.24) is 4.98 Å². The molecule has 0 bridgehead atoms. The van der Waals surface area contributed by atoms with Gasteiger partial charge in [0.25, 0.3) is 0 Å². The number of nitrogens with one attached hydrogen (secondary N) is 2. The fourth-order valence-corrected chi connectivity index (χ4v) is 0.794. The van der Waals surface area contributed by atoms with Crippen LogP contribution in [0, 0.1) is 5.41 Å². The van der Waals surface area contributed by atoms with Crippen molar-refractivity contribution in [2.75, 3.05) is 5.32 Å². The number of hydrogen-bond donors (Lipinski definition) is 2. The maximum atomic E-state index is 7.04. The molecule has 12 heavy (non-hydrogen) atoms. The van der Waals surface area contributed by atoms with Crippen LogP contribution < -0.4 is 5.32 Å². The van der Waals surface area contributed by atoms with Crippen LogP contribution in [0.25, 0.3) is 0 Å². The predicted octanol–water partition coefficient (Wildman–Crippen LogP) is 2.05. The number of rotatable bonds is 3. The Balaban J connectivity index is 2.70. The van der Waals surface area contributed by atoms with E-state index in [1.165, 1.54) is 6.21 Å². The number of pyridine rings is 1. The smallest absolute Gasteiger partial charge is 0.0519 e. The van der Waals surface area contributed by atoms with Gasteiger partial charge >= 0.3 is 0 Å². The first-order valence-electron chi connectivity index (χ1n) is 3.70. The lowest BCUT2D eigenvalue weighted by Gasteiger charge is -2.03. The Labute approximate surface area is 71.7 Å².